The Morgan fingerprint density at radius 2 is 1.80 bits per heavy atom. The van der Waals surface area contributed by atoms with Crippen molar-refractivity contribution in [2.24, 2.45) is 0 Å². The summed E-state index contributed by atoms with van der Waals surface area (Å²) in [5.41, 5.74) is 5.46. The molecule has 2 nitrogen and oxygen atoms in total. The van der Waals surface area contributed by atoms with E-state index in [4.69, 9.17) is 10.1 Å². The number of nitrogens with one attached hydrogen (secondary N) is 1. The lowest BCUT2D eigenvalue weighted by Crippen LogP contribution is -2.21. The summed E-state index contributed by atoms with van der Waals surface area (Å²) in [4.78, 5) is 0. The highest BCUT2D eigenvalue weighted by molar-refractivity contribution is 5.99. The summed E-state index contributed by atoms with van der Waals surface area (Å²) in [6.07, 6.45) is 1.51. The largest absolute Gasteiger partial charge is 0.458 e. The Morgan fingerprint density at radius 1 is 1.12 bits per heavy atom. The number of alkyl halides is 1. The molecule has 0 saturated carbocycles. The van der Waals surface area contributed by atoms with Crippen LogP contribution in [0.1, 0.15) is 44.7 Å². The van der Waals surface area contributed by atoms with Crippen molar-refractivity contribution in [1.82, 2.24) is 0 Å². The van der Waals surface area contributed by atoms with Crippen LogP contribution in [0.2, 0.25) is 0 Å². The van der Waals surface area contributed by atoms with Gasteiger partial charge in [0.05, 0.1) is 0 Å². The van der Waals surface area contributed by atoms with Gasteiger partial charge in [-0.1, -0.05) is 35.9 Å². The second-order valence-electron chi connectivity index (χ2n) is 6.93. The molecular weight excluding hydrogens is 313 g/mol. The first-order valence-corrected chi connectivity index (χ1v) is 8.47. The maximum Gasteiger partial charge on any atom is 0.242 e. The molecule has 0 fully saturated rings. The van der Waals surface area contributed by atoms with Crippen molar-refractivity contribution in [3.05, 3.63) is 65.7 Å². The fourth-order valence-corrected chi connectivity index (χ4v) is 2.68. The Bertz CT molecular complexity index is 787. The van der Waals surface area contributed by atoms with Gasteiger partial charge < -0.3 is 10.1 Å². The maximum absolute atomic E-state index is 13.9. The second-order valence-corrected chi connectivity index (χ2v) is 6.93. The molecule has 0 bridgehead atoms. The van der Waals surface area contributed by atoms with Crippen LogP contribution in [-0.2, 0) is 0 Å². The van der Waals surface area contributed by atoms with E-state index in [-0.39, 0.29) is 0 Å². The number of hydrogen-bond donors (Lipinski definition) is 1. The third-order valence-corrected chi connectivity index (χ3v) is 3.91. The smallest absolute Gasteiger partial charge is 0.242 e. The van der Waals surface area contributed by atoms with Gasteiger partial charge in [0, 0.05) is 25.1 Å². The van der Waals surface area contributed by atoms with Crippen molar-refractivity contribution in [1.29, 1.82) is 5.41 Å². The number of ether oxygens (including phenoxy) is 1. The average Bonchev–Trinajstić information content (AvgIpc) is 2.52. The summed E-state index contributed by atoms with van der Waals surface area (Å²) in [6.45, 7) is 10.7. The Balaban J connectivity index is 2.33. The summed E-state index contributed by atoms with van der Waals surface area (Å²) in [6, 6.07) is 13.4. The standard InChI is InChI=1S/C22H26FNO/c1-15(2)10-13-20(24)17-11-12-18(16(3)14-17)19-8-6-7-9-21(19)25-22(4,5)23/h6-9,11-12,14,24H,1,10,13H2,2-5H3. The zero-order valence-corrected chi connectivity index (χ0v) is 15.4. The van der Waals surface area contributed by atoms with Crippen molar-refractivity contribution >= 4 is 5.71 Å². The Labute approximate surface area is 149 Å². The van der Waals surface area contributed by atoms with Gasteiger partial charge in [0.1, 0.15) is 5.75 Å². The van der Waals surface area contributed by atoms with Crippen molar-refractivity contribution in [3.8, 4) is 16.9 Å². The van der Waals surface area contributed by atoms with E-state index >= 15 is 0 Å². The summed E-state index contributed by atoms with van der Waals surface area (Å²) in [5, 5.41) is 8.24. The van der Waals surface area contributed by atoms with Gasteiger partial charge >= 0.3 is 0 Å². The highest BCUT2D eigenvalue weighted by Crippen LogP contribution is 2.34. The van der Waals surface area contributed by atoms with Crippen molar-refractivity contribution < 1.29 is 9.13 Å². The first-order valence-electron chi connectivity index (χ1n) is 8.47. The molecule has 2 aromatic rings. The van der Waals surface area contributed by atoms with Crippen LogP contribution in [-0.4, -0.2) is 11.6 Å². The molecule has 1 N–H and O–H groups in total. The molecule has 0 unspecified atom stereocenters. The molecule has 0 aliphatic heterocycles. The minimum absolute atomic E-state index is 0.517. The van der Waals surface area contributed by atoms with Crippen LogP contribution in [0.5, 0.6) is 5.75 Å². The van der Waals surface area contributed by atoms with E-state index in [9.17, 15) is 4.39 Å². The Kier molecular flexibility index (Phi) is 5.78. The van der Waals surface area contributed by atoms with E-state index in [1.54, 1.807) is 6.07 Å². The van der Waals surface area contributed by atoms with Gasteiger partial charge in [-0.3, -0.25) is 0 Å². The molecule has 0 heterocycles. The molecule has 3 heteroatoms. The number of hydrogen-bond acceptors (Lipinski definition) is 2. The monoisotopic (exact) mass is 339 g/mol. The molecule has 0 atom stereocenters. The Hall–Kier alpha value is -2.42. The molecule has 2 rings (SSSR count). The number of halogens is 1. The number of aryl methyl sites for hydroxylation is 1. The van der Waals surface area contributed by atoms with Crippen LogP contribution < -0.4 is 4.74 Å². The number of rotatable bonds is 7. The van der Waals surface area contributed by atoms with E-state index < -0.39 is 5.85 Å². The summed E-state index contributed by atoms with van der Waals surface area (Å²) in [5.74, 6) is -1.22. The molecule has 0 amide bonds. The van der Waals surface area contributed by atoms with Gasteiger partial charge in [0.15, 0.2) is 0 Å². The molecule has 132 valence electrons. The fourth-order valence-electron chi connectivity index (χ4n) is 2.68. The summed E-state index contributed by atoms with van der Waals surface area (Å²) in [7, 11) is 0. The SMILES string of the molecule is C=C(C)CCC(=N)c1ccc(-c2ccccc2OC(C)(C)F)c(C)c1. The van der Waals surface area contributed by atoms with E-state index in [0.717, 1.165) is 34.2 Å². The van der Waals surface area contributed by atoms with E-state index in [0.29, 0.717) is 17.9 Å². The first-order chi connectivity index (χ1) is 11.7. The van der Waals surface area contributed by atoms with Crippen molar-refractivity contribution in [2.75, 3.05) is 0 Å². The quantitative estimate of drug-likeness (QED) is 0.455. The van der Waals surface area contributed by atoms with Crippen molar-refractivity contribution in [2.45, 2.75) is 46.4 Å². The zero-order valence-electron chi connectivity index (χ0n) is 15.4. The minimum atomic E-state index is -1.74. The number of allylic oxidation sites excluding steroid dienone is 1. The molecule has 0 aliphatic rings. The van der Waals surface area contributed by atoms with Crippen LogP contribution in [0.15, 0.2) is 54.6 Å². The van der Waals surface area contributed by atoms with E-state index in [1.807, 2.05) is 50.2 Å². The molecular formula is C22H26FNO. The predicted octanol–water partition coefficient (Wildman–Crippen LogP) is 6.47. The summed E-state index contributed by atoms with van der Waals surface area (Å²) < 4.78 is 19.4. The third-order valence-electron chi connectivity index (χ3n) is 3.91. The predicted molar refractivity (Wildman–Crippen MR) is 103 cm³/mol. The molecule has 0 spiro atoms. The third kappa shape index (κ3) is 5.28. The van der Waals surface area contributed by atoms with Crippen LogP contribution in [0, 0.1) is 12.3 Å². The molecule has 2 aromatic carbocycles. The van der Waals surface area contributed by atoms with Gasteiger partial charge in [-0.25, -0.2) is 0 Å². The fraction of sp³-hybridized carbons (Fsp3) is 0.318. The minimum Gasteiger partial charge on any atom is -0.458 e. The lowest BCUT2D eigenvalue weighted by atomic mass is 9.95. The molecule has 0 radical (unpaired) electrons. The van der Waals surface area contributed by atoms with E-state index in [1.165, 1.54) is 13.8 Å². The van der Waals surface area contributed by atoms with Gasteiger partial charge in [-0.15, -0.1) is 6.58 Å². The number of para-hydroxylation sites is 1. The van der Waals surface area contributed by atoms with E-state index in [2.05, 4.69) is 6.58 Å². The van der Waals surface area contributed by atoms with Crippen LogP contribution in [0.25, 0.3) is 11.1 Å². The highest BCUT2D eigenvalue weighted by Gasteiger charge is 2.20. The van der Waals surface area contributed by atoms with Crippen LogP contribution >= 0.6 is 0 Å². The summed E-state index contributed by atoms with van der Waals surface area (Å²) >= 11 is 0. The van der Waals surface area contributed by atoms with Gasteiger partial charge in [-0.2, -0.15) is 4.39 Å². The highest BCUT2D eigenvalue weighted by atomic mass is 19.2. The lowest BCUT2D eigenvalue weighted by Gasteiger charge is -2.20. The zero-order chi connectivity index (χ0) is 18.6. The number of benzene rings is 2. The normalized spacial score (nSPS) is 11.2. The topological polar surface area (TPSA) is 33.1 Å². The average molecular weight is 339 g/mol. The molecule has 0 aliphatic carbocycles. The maximum atomic E-state index is 13.9. The van der Waals surface area contributed by atoms with Gasteiger partial charge in [0.2, 0.25) is 5.85 Å². The lowest BCUT2D eigenvalue weighted by molar-refractivity contribution is -0.0252. The van der Waals surface area contributed by atoms with Gasteiger partial charge in [-0.05, 0) is 55.5 Å². The Morgan fingerprint density at radius 3 is 2.40 bits per heavy atom. The van der Waals surface area contributed by atoms with Crippen LogP contribution in [0.4, 0.5) is 4.39 Å². The molecule has 25 heavy (non-hydrogen) atoms. The molecule has 0 saturated heterocycles. The van der Waals surface area contributed by atoms with Crippen molar-refractivity contribution in [3.63, 3.8) is 0 Å². The van der Waals surface area contributed by atoms with Crippen LogP contribution in [0.3, 0.4) is 0 Å². The molecule has 0 aromatic heterocycles. The first kappa shape index (κ1) is 18.9. The van der Waals surface area contributed by atoms with Gasteiger partial charge in [0.25, 0.3) is 0 Å². The second kappa shape index (κ2) is 7.64.